The molecule has 2 rings (SSSR count). The number of rotatable bonds is 6. The zero-order valence-corrected chi connectivity index (χ0v) is 15.3. The van der Waals surface area contributed by atoms with E-state index >= 15 is 0 Å². The van der Waals surface area contributed by atoms with Crippen molar-refractivity contribution in [3.8, 4) is 0 Å². The van der Waals surface area contributed by atoms with Crippen LogP contribution in [0.3, 0.4) is 0 Å². The number of benzene rings is 1. The van der Waals surface area contributed by atoms with E-state index in [1.807, 2.05) is 0 Å². The first-order chi connectivity index (χ1) is 11.4. The van der Waals surface area contributed by atoms with Crippen molar-refractivity contribution in [1.29, 1.82) is 0 Å². The van der Waals surface area contributed by atoms with E-state index in [0.717, 1.165) is 0 Å². The molecule has 0 aliphatic carbocycles. The minimum Gasteiger partial charge on any atom is -0.461 e. The van der Waals surface area contributed by atoms with Crippen LogP contribution < -0.4 is 5.32 Å². The monoisotopic (exact) mass is 387 g/mol. The Bertz CT molecular complexity index is 731. The zero-order valence-electron chi connectivity index (χ0n) is 12.9. The molecule has 0 saturated heterocycles. The summed E-state index contributed by atoms with van der Waals surface area (Å²) >= 11 is 13.0. The van der Waals surface area contributed by atoms with Crippen LogP contribution in [0.15, 0.2) is 29.6 Å². The highest BCUT2D eigenvalue weighted by atomic mass is 35.5. The van der Waals surface area contributed by atoms with E-state index in [9.17, 15) is 9.59 Å². The van der Waals surface area contributed by atoms with Crippen LogP contribution in [0.1, 0.15) is 24.3 Å². The average molecular weight is 388 g/mol. The third-order valence-corrected chi connectivity index (χ3v) is 4.27. The summed E-state index contributed by atoms with van der Waals surface area (Å²) in [6.45, 7) is 3.72. The molecule has 1 heterocycles. The van der Waals surface area contributed by atoms with Gasteiger partial charge in [0.05, 0.1) is 18.1 Å². The summed E-state index contributed by atoms with van der Waals surface area (Å²) in [6, 6.07) is 4.79. The van der Waals surface area contributed by atoms with Gasteiger partial charge in [-0.05, 0) is 32.0 Å². The lowest BCUT2D eigenvalue weighted by Gasteiger charge is -2.11. The Morgan fingerprint density at radius 2 is 2.00 bits per heavy atom. The first kappa shape index (κ1) is 18.6. The molecule has 6 nitrogen and oxygen atoms in total. The SMILES string of the molecule is CCOC(=O)c1cnc(SC(C)C(=O)Nc2cc(Cl)cc(Cl)c2)[nH]1. The van der Waals surface area contributed by atoms with E-state index in [0.29, 0.717) is 20.9 Å². The Balaban J connectivity index is 1.97. The van der Waals surface area contributed by atoms with Crippen molar-refractivity contribution in [3.63, 3.8) is 0 Å². The number of nitrogens with one attached hydrogen (secondary N) is 2. The number of imidazole rings is 1. The summed E-state index contributed by atoms with van der Waals surface area (Å²) in [7, 11) is 0. The van der Waals surface area contributed by atoms with Crippen molar-refractivity contribution in [2.45, 2.75) is 24.3 Å². The molecule has 1 aromatic heterocycles. The summed E-state index contributed by atoms with van der Waals surface area (Å²) < 4.78 is 4.87. The van der Waals surface area contributed by atoms with Gasteiger partial charge in [0.15, 0.2) is 5.16 Å². The minimum atomic E-state index is -0.484. The molecule has 0 saturated carbocycles. The van der Waals surface area contributed by atoms with Gasteiger partial charge in [-0.3, -0.25) is 4.79 Å². The molecular formula is C15H15Cl2N3O3S. The van der Waals surface area contributed by atoms with Crippen molar-refractivity contribution in [2.24, 2.45) is 0 Å². The van der Waals surface area contributed by atoms with Crippen LogP contribution in [-0.4, -0.2) is 33.7 Å². The van der Waals surface area contributed by atoms with Crippen LogP contribution in [0.4, 0.5) is 5.69 Å². The number of aromatic nitrogens is 2. The van der Waals surface area contributed by atoms with Crippen molar-refractivity contribution in [2.75, 3.05) is 11.9 Å². The van der Waals surface area contributed by atoms with Crippen LogP contribution in [0.5, 0.6) is 0 Å². The highest BCUT2D eigenvalue weighted by Crippen LogP contribution is 2.25. The van der Waals surface area contributed by atoms with Gasteiger partial charge < -0.3 is 15.0 Å². The number of nitrogens with zero attached hydrogens (tertiary/aromatic N) is 1. The molecule has 1 atom stereocenters. The summed E-state index contributed by atoms with van der Waals surface area (Å²) in [4.78, 5) is 30.7. The third-order valence-electron chi connectivity index (χ3n) is 2.84. The van der Waals surface area contributed by atoms with Gasteiger partial charge in [-0.15, -0.1) is 0 Å². The smallest absolute Gasteiger partial charge is 0.356 e. The molecule has 0 bridgehead atoms. The first-order valence-corrected chi connectivity index (χ1v) is 8.68. The zero-order chi connectivity index (χ0) is 17.7. The predicted octanol–water partition coefficient (Wildman–Crippen LogP) is 4.01. The topological polar surface area (TPSA) is 84.1 Å². The molecule has 0 spiro atoms. The molecular weight excluding hydrogens is 373 g/mol. The maximum atomic E-state index is 12.2. The number of amides is 1. The van der Waals surface area contributed by atoms with Crippen LogP contribution in [-0.2, 0) is 9.53 Å². The number of carbonyl (C=O) groups is 2. The molecule has 0 aliphatic heterocycles. The Hall–Kier alpha value is -1.70. The van der Waals surface area contributed by atoms with Gasteiger partial charge in [-0.1, -0.05) is 35.0 Å². The van der Waals surface area contributed by atoms with E-state index < -0.39 is 11.2 Å². The number of carbonyl (C=O) groups excluding carboxylic acids is 2. The lowest BCUT2D eigenvalue weighted by atomic mass is 10.3. The number of anilines is 1. The average Bonchev–Trinajstić information content (AvgIpc) is 2.95. The maximum Gasteiger partial charge on any atom is 0.356 e. The molecule has 0 aliphatic rings. The van der Waals surface area contributed by atoms with Gasteiger partial charge in [0.25, 0.3) is 0 Å². The number of hydrogen-bond acceptors (Lipinski definition) is 5. The number of aromatic amines is 1. The largest absolute Gasteiger partial charge is 0.461 e. The van der Waals surface area contributed by atoms with Crippen molar-refractivity contribution in [1.82, 2.24) is 9.97 Å². The summed E-state index contributed by atoms with van der Waals surface area (Å²) in [5.74, 6) is -0.727. The molecule has 1 unspecified atom stereocenters. The fraction of sp³-hybridized carbons (Fsp3) is 0.267. The Labute approximate surface area is 153 Å². The summed E-state index contributed by atoms with van der Waals surface area (Å²) in [5, 5.41) is 3.59. The van der Waals surface area contributed by atoms with E-state index in [4.69, 9.17) is 27.9 Å². The van der Waals surface area contributed by atoms with Crippen molar-refractivity contribution < 1.29 is 14.3 Å². The fourth-order valence-corrected chi connectivity index (χ4v) is 3.08. The van der Waals surface area contributed by atoms with Crippen LogP contribution >= 0.6 is 35.0 Å². The molecule has 0 radical (unpaired) electrons. The molecule has 2 N–H and O–H groups in total. The number of esters is 1. The Kier molecular flexibility index (Phi) is 6.53. The second-order valence-electron chi connectivity index (χ2n) is 4.73. The number of ether oxygens (including phenoxy) is 1. The highest BCUT2D eigenvalue weighted by Gasteiger charge is 2.18. The number of H-pyrrole nitrogens is 1. The highest BCUT2D eigenvalue weighted by molar-refractivity contribution is 8.00. The second kappa shape index (κ2) is 8.41. The van der Waals surface area contributed by atoms with Gasteiger partial charge in [-0.25, -0.2) is 9.78 Å². The van der Waals surface area contributed by atoms with Crippen LogP contribution in [0, 0.1) is 0 Å². The maximum absolute atomic E-state index is 12.2. The summed E-state index contributed by atoms with van der Waals surface area (Å²) in [6.07, 6.45) is 1.38. The lowest BCUT2D eigenvalue weighted by Crippen LogP contribution is -2.22. The first-order valence-electron chi connectivity index (χ1n) is 7.04. The van der Waals surface area contributed by atoms with E-state index in [-0.39, 0.29) is 18.2 Å². The number of hydrogen-bond donors (Lipinski definition) is 2. The normalized spacial score (nSPS) is 11.8. The predicted molar refractivity (Wildman–Crippen MR) is 95.0 cm³/mol. The molecule has 0 fully saturated rings. The lowest BCUT2D eigenvalue weighted by molar-refractivity contribution is -0.115. The quantitative estimate of drug-likeness (QED) is 0.577. The van der Waals surface area contributed by atoms with Crippen molar-refractivity contribution in [3.05, 3.63) is 40.1 Å². The molecule has 1 amide bonds. The third kappa shape index (κ3) is 5.15. The second-order valence-corrected chi connectivity index (χ2v) is 6.93. The van der Waals surface area contributed by atoms with Crippen molar-refractivity contribution >= 4 is 52.5 Å². The van der Waals surface area contributed by atoms with Gasteiger partial charge in [0.1, 0.15) is 5.69 Å². The molecule has 9 heteroatoms. The Morgan fingerprint density at radius 1 is 1.33 bits per heavy atom. The van der Waals surface area contributed by atoms with Crippen LogP contribution in [0.2, 0.25) is 10.0 Å². The molecule has 2 aromatic rings. The minimum absolute atomic E-state index is 0.243. The van der Waals surface area contributed by atoms with Gasteiger partial charge >= 0.3 is 5.97 Å². The van der Waals surface area contributed by atoms with E-state index in [1.54, 1.807) is 32.0 Å². The van der Waals surface area contributed by atoms with Gasteiger partial charge in [0.2, 0.25) is 5.91 Å². The molecule has 1 aromatic carbocycles. The summed E-state index contributed by atoms with van der Waals surface area (Å²) in [5.41, 5.74) is 0.755. The number of halogens is 2. The molecule has 24 heavy (non-hydrogen) atoms. The fourth-order valence-electron chi connectivity index (χ4n) is 1.77. The van der Waals surface area contributed by atoms with Gasteiger partial charge in [-0.2, -0.15) is 0 Å². The van der Waals surface area contributed by atoms with Crippen LogP contribution in [0.25, 0.3) is 0 Å². The molecule has 128 valence electrons. The van der Waals surface area contributed by atoms with Gasteiger partial charge in [0, 0.05) is 15.7 Å². The van der Waals surface area contributed by atoms with E-state index in [2.05, 4.69) is 15.3 Å². The number of thioether (sulfide) groups is 1. The standard InChI is InChI=1S/C15H15Cl2N3O3S/c1-3-23-14(22)12-7-18-15(20-12)24-8(2)13(21)19-11-5-9(16)4-10(17)6-11/h4-8H,3H2,1-2H3,(H,18,20)(H,19,21). The van der Waals surface area contributed by atoms with E-state index in [1.165, 1.54) is 18.0 Å². The Morgan fingerprint density at radius 3 is 2.62 bits per heavy atom.